The molecule has 0 aromatic heterocycles. The van der Waals surface area contributed by atoms with Crippen LogP contribution in [0.2, 0.25) is 10.0 Å². The van der Waals surface area contributed by atoms with E-state index in [4.69, 9.17) is 23.2 Å². The highest BCUT2D eigenvalue weighted by Gasteiger charge is 2.13. The molecule has 0 aliphatic rings. The Kier molecular flexibility index (Phi) is 4.28. The molecule has 0 fully saturated rings. The molecule has 18 heavy (non-hydrogen) atoms. The van der Waals surface area contributed by atoms with Crippen LogP contribution in [0, 0.1) is 6.92 Å². The van der Waals surface area contributed by atoms with E-state index in [1.54, 1.807) is 18.2 Å². The monoisotopic (exact) mass is 280 g/mol. The number of aliphatic hydroxyl groups excluding tert-OH is 1. The van der Waals surface area contributed by atoms with E-state index in [-0.39, 0.29) is 0 Å². The normalized spacial score (nSPS) is 12.4. The van der Waals surface area contributed by atoms with Gasteiger partial charge in [0.05, 0.1) is 6.10 Å². The van der Waals surface area contributed by atoms with Crippen LogP contribution < -0.4 is 0 Å². The van der Waals surface area contributed by atoms with Crippen LogP contribution in [0.1, 0.15) is 22.8 Å². The highest BCUT2D eigenvalue weighted by atomic mass is 35.5. The molecule has 2 aromatic carbocycles. The number of rotatable bonds is 3. The van der Waals surface area contributed by atoms with Crippen LogP contribution >= 0.6 is 23.2 Å². The summed E-state index contributed by atoms with van der Waals surface area (Å²) in [4.78, 5) is 0. The maximum atomic E-state index is 10.2. The summed E-state index contributed by atoms with van der Waals surface area (Å²) in [7, 11) is 0. The molecule has 94 valence electrons. The summed E-state index contributed by atoms with van der Waals surface area (Å²) in [6.07, 6.45) is -0.0653. The maximum absolute atomic E-state index is 10.2. The van der Waals surface area contributed by atoms with Crippen molar-refractivity contribution < 1.29 is 5.11 Å². The minimum Gasteiger partial charge on any atom is -0.388 e. The zero-order valence-electron chi connectivity index (χ0n) is 10.0. The molecule has 0 bridgehead atoms. The molecule has 3 heteroatoms. The number of benzene rings is 2. The molecule has 0 aliphatic heterocycles. The van der Waals surface area contributed by atoms with Crippen LogP contribution in [-0.4, -0.2) is 5.11 Å². The van der Waals surface area contributed by atoms with Crippen LogP contribution in [0.15, 0.2) is 42.5 Å². The predicted molar refractivity (Wildman–Crippen MR) is 76.3 cm³/mol. The molecule has 0 saturated carbocycles. The average Bonchev–Trinajstić information content (AvgIpc) is 2.32. The lowest BCUT2D eigenvalue weighted by molar-refractivity contribution is 0.178. The van der Waals surface area contributed by atoms with Crippen molar-refractivity contribution in [3.8, 4) is 0 Å². The first-order chi connectivity index (χ1) is 8.58. The van der Waals surface area contributed by atoms with Gasteiger partial charge in [-0.25, -0.2) is 0 Å². The second kappa shape index (κ2) is 5.75. The van der Waals surface area contributed by atoms with E-state index in [2.05, 4.69) is 0 Å². The molecule has 0 heterocycles. The van der Waals surface area contributed by atoms with Gasteiger partial charge in [0.25, 0.3) is 0 Å². The first-order valence-electron chi connectivity index (χ1n) is 5.75. The highest BCUT2D eigenvalue weighted by Crippen LogP contribution is 2.28. The number of aliphatic hydroxyl groups is 1. The maximum Gasteiger partial charge on any atom is 0.0844 e. The Morgan fingerprint density at radius 2 is 1.83 bits per heavy atom. The van der Waals surface area contributed by atoms with Crippen LogP contribution in [0.5, 0.6) is 0 Å². The van der Waals surface area contributed by atoms with Crippen LogP contribution in [0.4, 0.5) is 0 Å². The van der Waals surface area contributed by atoms with E-state index >= 15 is 0 Å². The predicted octanol–water partition coefficient (Wildman–Crippen LogP) is 4.58. The highest BCUT2D eigenvalue weighted by molar-refractivity contribution is 6.35. The van der Waals surface area contributed by atoms with Crippen molar-refractivity contribution >= 4 is 23.2 Å². The summed E-state index contributed by atoms with van der Waals surface area (Å²) in [6, 6.07) is 13.2. The summed E-state index contributed by atoms with van der Waals surface area (Å²) >= 11 is 11.9. The molecular formula is C15H14Cl2O. The van der Waals surface area contributed by atoms with Crippen molar-refractivity contribution in [2.24, 2.45) is 0 Å². The zero-order chi connectivity index (χ0) is 13.1. The van der Waals surface area contributed by atoms with Crippen molar-refractivity contribution in [1.29, 1.82) is 0 Å². The molecule has 2 aromatic rings. The van der Waals surface area contributed by atoms with Gasteiger partial charge in [0.2, 0.25) is 0 Å². The topological polar surface area (TPSA) is 20.2 Å². The largest absolute Gasteiger partial charge is 0.388 e. The number of aryl methyl sites for hydroxylation is 1. The standard InChI is InChI=1S/C15H14Cl2O/c1-10-4-2-3-5-11(10)8-15(18)13-7-6-12(16)9-14(13)17/h2-7,9,15,18H,8H2,1H3. The molecule has 0 saturated heterocycles. The van der Waals surface area contributed by atoms with Crippen molar-refractivity contribution in [3.63, 3.8) is 0 Å². The summed E-state index contributed by atoms with van der Waals surface area (Å²) in [5.74, 6) is 0. The van der Waals surface area contributed by atoms with Gasteiger partial charge in [-0.15, -0.1) is 0 Å². The Morgan fingerprint density at radius 3 is 2.50 bits per heavy atom. The van der Waals surface area contributed by atoms with Crippen molar-refractivity contribution in [2.75, 3.05) is 0 Å². The third-order valence-corrected chi connectivity index (χ3v) is 3.56. The Morgan fingerprint density at radius 1 is 1.11 bits per heavy atom. The van der Waals surface area contributed by atoms with Gasteiger partial charge in [-0.3, -0.25) is 0 Å². The van der Waals surface area contributed by atoms with E-state index < -0.39 is 6.10 Å². The summed E-state index contributed by atoms with van der Waals surface area (Å²) < 4.78 is 0. The van der Waals surface area contributed by atoms with Gasteiger partial charge in [0.1, 0.15) is 0 Å². The van der Waals surface area contributed by atoms with Crippen LogP contribution in [0.25, 0.3) is 0 Å². The van der Waals surface area contributed by atoms with Gasteiger partial charge >= 0.3 is 0 Å². The van der Waals surface area contributed by atoms with Gasteiger partial charge in [0.15, 0.2) is 0 Å². The van der Waals surface area contributed by atoms with Crippen molar-refractivity contribution in [2.45, 2.75) is 19.4 Å². The zero-order valence-corrected chi connectivity index (χ0v) is 11.5. The first kappa shape index (κ1) is 13.4. The second-order valence-electron chi connectivity index (χ2n) is 4.31. The van der Waals surface area contributed by atoms with Crippen molar-refractivity contribution in [3.05, 3.63) is 69.2 Å². The van der Waals surface area contributed by atoms with Gasteiger partial charge < -0.3 is 5.11 Å². The fourth-order valence-corrected chi connectivity index (χ4v) is 2.46. The Labute approximate surface area is 117 Å². The molecule has 1 N–H and O–H groups in total. The van der Waals surface area contributed by atoms with E-state index in [0.717, 1.165) is 5.56 Å². The smallest absolute Gasteiger partial charge is 0.0844 e. The minimum atomic E-state index is -0.615. The lowest BCUT2D eigenvalue weighted by atomic mass is 9.98. The molecule has 0 amide bonds. The Hall–Kier alpha value is -1.02. The summed E-state index contributed by atoms with van der Waals surface area (Å²) in [5, 5.41) is 11.3. The van der Waals surface area contributed by atoms with E-state index in [0.29, 0.717) is 22.0 Å². The van der Waals surface area contributed by atoms with Crippen molar-refractivity contribution in [1.82, 2.24) is 0 Å². The number of hydrogen-bond donors (Lipinski definition) is 1. The third-order valence-electron chi connectivity index (χ3n) is 3.00. The van der Waals surface area contributed by atoms with E-state index in [9.17, 15) is 5.11 Å². The molecule has 0 aliphatic carbocycles. The van der Waals surface area contributed by atoms with E-state index in [1.807, 2.05) is 31.2 Å². The minimum absolute atomic E-state index is 0.503. The lowest BCUT2D eigenvalue weighted by Crippen LogP contribution is -2.03. The molecule has 1 unspecified atom stereocenters. The summed E-state index contributed by atoms with van der Waals surface area (Å²) in [6.45, 7) is 2.03. The van der Waals surface area contributed by atoms with Crippen LogP contribution in [-0.2, 0) is 6.42 Å². The molecule has 0 radical (unpaired) electrons. The SMILES string of the molecule is Cc1ccccc1CC(O)c1ccc(Cl)cc1Cl. The van der Waals surface area contributed by atoms with E-state index in [1.165, 1.54) is 5.56 Å². The van der Waals surface area contributed by atoms with Gasteiger partial charge in [-0.2, -0.15) is 0 Å². The molecule has 2 rings (SSSR count). The lowest BCUT2D eigenvalue weighted by Gasteiger charge is -2.14. The molecule has 0 spiro atoms. The number of halogens is 2. The Balaban J connectivity index is 2.22. The van der Waals surface area contributed by atoms with Crippen LogP contribution in [0.3, 0.4) is 0 Å². The second-order valence-corrected chi connectivity index (χ2v) is 5.16. The van der Waals surface area contributed by atoms with Gasteiger partial charge in [-0.1, -0.05) is 53.5 Å². The van der Waals surface area contributed by atoms with Gasteiger partial charge in [0, 0.05) is 16.5 Å². The average molecular weight is 281 g/mol. The quantitative estimate of drug-likeness (QED) is 0.873. The third kappa shape index (κ3) is 3.05. The Bertz CT molecular complexity index is 552. The fraction of sp³-hybridized carbons (Fsp3) is 0.200. The molecule has 1 atom stereocenters. The molecule has 1 nitrogen and oxygen atoms in total. The molecular weight excluding hydrogens is 267 g/mol. The van der Waals surface area contributed by atoms with Gasteiger partial charge in [-0.05, 0) is 35.7 Å². The number of hydrogen-bond acceptors (Lipinski definition) is 1. The summed E-state index contributed by atoms with van der Waals surface area (Å²) in [5.41, 5.74) is 3.00. The fourth-order valence-electron chi connectivity index (χ4n) is 1.93. The first-order valence-corrected chi connectivity index (χ1v) is 6.51.